The zero-order valence-electron chi connectivity index (χ0n) is 11.5. The predicted octanol–water partition coefficient (Wildman–Crippen LogP) is 3.37. The van der Waals surface area contributed by atoms with Gasteiger partial charge in [-0.25, -0.2) is 9.97 Å². The lowest BCUT2D eigenvalue weighted by atomic mass is 10.0. The van der Waals surface area contributed by atoms with E-state index in [2.05, 4.69) is 21.1 Å². The van der Waals surface area contributed by atoms with E-state index < -0.39 is 0 Å². The van der Waals surface area contributed by atoms with E-state index in [1.807, 2.05) is 30.5 Å². The number of aryl methyl sites for hydroxylation is 1. The number of benzene rings is 1. The van der Waals surface area contributed by atoms with Gasteiger partial charge in [-0.3, -0.25) is 9.07 Å². The maximum atomic E-state index is 12.2. The molecule has 0 bridgehead atoms. The minimum absolute atomic E-state index is 0.321. The van der Waals surface area contributed by atoms with Crippen LogP contribution in [0.25, 0.3) is 22.4 Å². The lowest BCUT2D eigenvalue weighted by Gasteiger charge is -2.03. The molecule has 2 heterocycles. The van der Waals surface area contributed by atoms with Gasteiger partial charge in [0.2, 0.25) is 0 Å². The van der Waals surface area contributed by atoms with Gasteiger partial charge in [-0.2, -0.15) is 5.10 Å². The number of rotatable bonds is 5. The molecule has 106 valence electrons. The average Bonchev–Trinajstić information content (AvgIpc) is 3.03. The van der Waals surface area contributed by atoms with E-state index >= 15 is 0 Å². The average molecular weight is 282 g/mol. The van der Waals surface area contributed by atoms with Crippen LogP contribution in [-0.4, -0.2) is 26.4 Å². The van der Waals surface area contributed by atoms with Crippen LogP contribution < -0.4 is 0 Å². The second-order valence-electron chi connectivity index (χ2n) is 4.71. The van der Waals surface area contributed by atoms with Gasteiger partial charge in [0.05, 0.1) is 12.4 Å². The first-order chi connectivity index (χ1) is 10.4. The molecule has 0 aliphatic carbocycles. The van der Waals surface area contributed by atoms with Crippen molar-refractivity contribution in [3.05, 3.63) is 55.2 Å². The predicted molar refractivity (Wildman–Crippen MR) is 79.3 cm³/mol. The molecule has 0 aliphatic heterocycles. The largest absolute Gasteiger partial charge is 0.272 e. The van der Waals surface area contributed by atoms with Crippen LogP contribution in [0.4, 0.5) is 4.39 Å². The summed E-state index contributed by atoms with van der Waals surface area (Å²) in [5, 5.41) is 4.47. The third-order valence-electron chi connectivity index (χ3n) is 3.21. The van der Waals surface area contributed by atoms with Gasteiger partial charge >= 0.3 is 0 Å². The van der Waals surface area contributed by atoms with E-state index in [-0.39, 0.29) is 6.67 Å². The summed E-state index contributed by atoms with van der Waals surface area (Å²) in [7, 11) is 0. The van der Waals surface area contributed by atoms with Gasteiger partial charge in [0.1, 0.15) is 6.33 Å². The van der Waals surface area contributed by atoms with Crippen molar-refractivity contribution < 1.29 is 4.39 Å². The standard InChI is InChI=1S/C16H15FN4/c17-6-2-7-21-8-5-16(20-21)14-4-1-3-13(9-14)15-10-18-12-19-11-15/h1,3-5,8-12H,2,6-7H2. The normalized spacial score (nSPS) is 10.7. The van der Waals surface area contributed by atoms with E-state index in [0.29, 0.717) is 13.0 Å². The minimum atomic E-state index is -0.321. The Morgan fingerprint density at radius 3 is 2.62 bits per heavy atom. The topological polar surface area (TPSA) is 43.6 Å². The Balaban J connectivity index is 1.88. The molecule has 2 aromatic heterocycles. The molecule has 0 aliphatic rings. The Hall–Kier alpha value is -2.56. The number of nitrogens with zero attached hydrogens (tertiary/aromatic N) is 4. The lowest BCUT2D eigenvalue weighted by Crippen LogP contribution is -1.99. The Bertz CT molecular complexity index is 709. The second-order valence-corrected chi connectivity index (χ2v) is 4.71. The quantitative estimate of drug-likeness (QED) is 0.720. The van der Waals surface area contributed by atoms with E-state index in [9.17, 15) is 4.39 Å². The Morgan fingerprint density at radius 2 is 1.81 bits per heavy atom. The summed E-state index contributed by atoms with van der Waals surface area (Å²) < 4.78 is 14.0. The first-order valence-electron chi connectivity index (χ1n) is 6.82. The van der Waals surface area contributed by atoms with Gasteiger partial charge in [0.25, 0.3) is 0 Å². The molecular formula is C16H15FN4. The van der Waals surface area contributed by atoms with E-state index in [1.165, 1.54) is 6.33 Å². The van der Waals surface area contributed by atoms with Gasteiger partial charge in [-0.05, 0) is 24.1 Å². The van der Waals surface area contributed by atoms with Crippen LogP contribution in [0.5, 0.6) is 0 Å². The molecule has 0 atom stereocenters. The molecule has 0 N–H and O–H groups in total. The SMILES string of the molecule is FCCCn1ccc(-c2cccc(-c3cncnc3)c2)n1. The third kappa shape index (κ3) is 3.13. The van der Waals surface area contributed by atoms with Crippen molar-refractivity contribution in [3.8, 4) is 22.4 Å². The molecular weight excluding hydrogens is 267 g/mol. The van der Waals surface area contributed by atoms with Crippen molar-refractivity contribution in [3.63, 3.8) is 0 Å². The highest BCUT2D eigenvalue weighted by molar-refractivity contribution is 5.70. The molecule has 0 unspecified atom stereocenters. The maximum Gasteiger partial charge on any atom is 0.115 e. The van der Waals surface area contributed by atoms with Crippen LogP contribution in [0.1, 0.15) is 6.42 Å². The molecule has 0 amide bonds. The molecule has 5 heteroatoms. The van der Waals surface area contributed by atoms with Crippen LogP contribution in [0.15, 0.2) is 55.2 Å². The number of halogens is 1. The van der Waals surface area contributed by atoms with Gasteiger partial charge in [-0.15, -0.1) is 0 Å². The molecule has 0 radical (unpaired) electrons. The highest BCUT2D eigenvalue weighted by atomic mass is 19.1. The van der Waals surface area contributed by atoms with Crippen molar-refractivity contribution in [1.29, 1.82) is 0 Å². The fourth-order valence-electron chi connectivity index (χ4n) is 2.17. The Labute approximate surface area is 122 Å². The molecule has 0 saturated heterocycles. The van der Waals surface area contributed by atoms with Crippen LogP contribution in [0.3, 0.4) is 0 Å². The first-order valence-corrected chi connectivity index (χ1v) is 6.82. The second kappa shape index (κ2) is 6.26. The van der Waals surface area contributed by atoms with Crippen molar-refractivity contribution >= 4 is 0 Å². The number of hydrogen-bond acceptors (Lipinski definition) is 3. The van der Waals surface area contributed by atoms with Crippen LogP contribution in [0, 0.1) is 0 Å². The highest BCUT2D eigenvalue weighted by Crippen LogP contribution is 2.24. The minimum Gasteiger partial charge on any atom is -0.272 e. The van der Waals surface area contributed by atoms with Gasteiger partial charge in [0, 0.05) is 36.3 Å². The molecule has 0 saturated carbocycles. The molecule has 3 aromatic rings. The summed E-state index contributed by atoms with van der Waals surface area (Å²) in [4.78, 5) is 8.07. The Morgan fingerprint density at radius 1 is 1.00 bits per heavy atom. The molecule has 4 nitrogen and oxygen atoms in total. The summed E-state index contributed by atoms with van der Waals surface area (Å²) in [5.41, 5.74) is 3.92. The van der Waals surface area contributed by atoms with E-state index in [4.69, 9.17) is 0 Å². The summed E-state index contributed by atoms with van der Waals surface area (Å²) in [5.74, 6) is 0. The van der Waals surface area contributed by atoms with Crippen molar-refractivity contribution in [2.45, 2.75) is 13.0 Å². The fourth-order valence-corrected chi connectivity index (χ4v) is 2.17. The third-order valence-corrected chi connectivity index (χ3v) is 3.21. The van der Waals surface area contributed by atoms with Crippen LogP contribution in [-0.2, 0) is 6.54 Å². The van der Waals surface area contributed by atoms with Crippen molar-refractivity contribution in [2.75, 3.05) is 6.67 Å². The van der Waals surface area contributed by atoms with Gasteiger partial charge in [-0.1, -0.05) is 18.2 Å². The van der Waals surface area contributed by atoms with Crippen molar-refractivity contribution in [1.82, 2.24) is 19.7 Å². The monoisotopic (exact) mass is 282 g/mol. The van der Waals surface area contributed by atoms with Gasteiger partial charge < -0.3 is 0 Å². The number of aromatic nitrogens is 4. The summed E-state index contributed by atoms with van der Waals surface area (Å²) in [6, 6.07) is 10.0. The Kier molecular flexibility index (Phi) is 4.00. The molecule has 0 fully saturated rings. The van der Waals surface area contributed by atoms with E-state index in [0.717, 1.165) is 22.4 Å². The number of hydrogen-bond donors (Lipinski definition) is 0. The summed E-state index contributed by atoms with van der Waals surface area (Å²) >= 11 is 0. The maximum absolute atomic E-state index is 12.2. The van der Waals surface area contributed by atoms with Gasteiger partial charge in [0.15, 0.2) is 0 Å². The molecule has 3 rings (SSSR count). The molecule has 1 aromatic carbocycles. The summed E-state index contributed by atoms with van der Waals surface area (Å²) in [6.07, 6.45) is 7.45. The zero-order valence-corrected chi connectivity index (χ0v) is 11.5. The van der Waals surface area contributed by atoms with E-state index in [1.54, 1.807) is 17.1 Å². The molecule has 21 heavy (non-hydrogen) atoms. The van der Waals surface area contributed by atoms with Crippen LogP contribution in [0.2, 0.25) is 0 Å². The molecule has 0 spiro atoms. The first kappa shape index (κ1) is 13.4. The van der Waals surface area contributed by atoms with Crippen LogP contribution >= 0.6 is 0 Å². The fraction of sp³-hybridized carbons (Fsp3) is 0.188. The summed E-state index contributed by atoms with van der Waals surface area (Å²) in [6.45, 7) is 0.279. The zero-order chi connectivity index (χ0) is 14.5. The van der Waals surface area contributed by atoms with Crippen molar-refractivity contribution in [2.24, 2.45) is 0 Å². The lowest BCUT2D eigenvalue weighted by molar-refractivity contribution is 0.435. The number of alkyl halides is 1. The smallest absolute Gasteiger partial charge is 0.115 e. The highest BCUT2D eigenvalue weighted by Gasteiger charge is 2.05.